The molecule has 0 bridgehead atoms. The first kappa shape index (κ1) is 79.5. The van der Waals surface area contributed by atoms with Gasteiger partial charge in [0.15, 0.2) is 6.10 Å². The molecule has 0 amide bonds. The molecule has 0 aliphatic heterocycles. The summed E-state index contributed by atoms with van der Waals surface area (Å²) >= 11 is 0. The van der Waals surface area contributed by atoms with E-state index in [1.165, 1.54) is 263 Å². The van der Waals surface area contributed by atoms with Crippen LogP contribution < -0.4 is 0 Å². The highest BCUT2D eigenvalue weighted by molar-refractivity contribution is 5.71. The lowest BCUT2D eigenvalue weighted by Crippen LogP contribution is -2.40. The number of carbonyl (C=O) groups is 3. The molecule has 9 nitrogen and oxygen atoms in total. The number of carbonyl (C=O) groups excluding carboxylic acids is 2. The molecule has 0 fully saturated rings. The number of aliphatic carboxylic acids is 1. The molecule has 82 heavy (non-hydrogen) atoms. The number of ether oxygens (including phenoxy) is 4. The molecule has 1 N–H and O–H groups in total. The van der Waals surface area contributed by atoms with E-state index in [1.807, 2.05) is 21.1 Å². The van der Waals surface area contributed by atoms with E-state index in [0.29, 0.717) is 23.9 Å². The maximum atomic E-state index is 12.9. The highest BCUT2D eigenvalue weighted by atomic mass is 16.7. The van der Waals surface area contributed by atoms with E-state index < -0.39 is 24.3 Å². The monoisotopic (exact) mass is 1160 g/mol. The lowest BCUT2D eigenvalue weighted by atomic mass is 10.0. The molecule has 0 rings (SSSR count). The molecular formula is C73H138NO8+. The fourth-order valence-electron chi connectivity index (χ4n) is 10.7. The van der Waals surface area contributed by atoms with Crippen LogP contribution in [0, 0.1) is 0 Å². The third-order valence-corrected chi connectivity index (χ3v) is 16.1. The van der Waals surface area contributed by atoms with E-state index in [1.54, 1.807) is 0 Å². The highest BCUT2D eigenvalue weighted by Gasteiger charge is 2.25. The summed E-state index contributed by atoms with van der Waals surface area (Å²) in [4.78, 5) is 37.5. The molecule has 0 aromatic heterocycles. The molecule has 0 radical (unpaired) electrons. The number of likely N-dealkylation sites (N-methyl/N-ethyl adjacent to an activating group) is 1. The molecule has 2 unspecified atom stereocenters. The standard InChI is InChI=1S/C73H137NO8/c1-6-8-10-12-14-16-18-20-22-24-26-27-28-29-30-31-32-33-34-35-36-37-38-39-40-41-42-43-44-46-47-49-51-53-55-57-59-61-63-70(75)80-67-69(68-81-73(72(77)78)79-66-65-74(3,4)5)82-71(76)64-62-60-58-56-54-52-50-48-45-25-23-21-19-17-15-13-11-9-7-2/h15,17,21,23,45,48,69,73H,6-14,16,18-20,22,24-44,46-47,49-68H2,1-5H3/p+1/b17-15-,23-21-,48-45-. The lowest BCUT2D eigenvalue weighted by Gasteiger charge is -2.25. The minimum Gasteiger partial charge on any atom is -0.477 e. The van der Waals surface area contributed by atoms with Crippen LogP contribution in [0.25, 0.3) is 0 Å². The normalized spacial score (nSPS) is 12.8. The first-order valence-corrected chi connectivity index (χ1v) is 35.7. The van der Waals surface area contributed by atoms with Crippen molar-refractivity contribution in [3.8, 4) is 0 Å². The van der Waals surface area contributed by atoms with Crippen LogP contribution in [0.5, 0.6) is 0 Å². The predicted molar refractivity (Wildman–Crippen MR) is 351 cm³/mol. The maximum Gasteiger partial charge on any atom is 0.361 e. The predicted octanol–water partition coefficient (Wildman–Crippen LogP) is 22.0. The summed E-state index contributed by atoms with van der Waals surface area (Å²) in [5, 5.41) is 9.73. The Bertz CT molecular complexity index is 1440. The zero-order valence-electron chi connectivity index (χ0n) is 55.2. The van der Waals surface area contributed by atoms with E-state index in [2.05, 4.69) is 50.3 Å². The van der Waals surface area contributed by atoms with Crippen LogP contribution in [0.1, 0.15) is 354 Å². The van der Waals surface area contributed by atoms with Gasteiger partial charge in [-0.05, 0) is 51.4 Å². The van der Waals surface area contributed by atoms with Gasteiger partial charge in [-0.25, -0.2) is 4.79 Å². The molecule has 0 aliphatic rings. The number of esters is 2. The Kier molecular flexibility index (Phi) is 62.5. The number of rotatable bonds is 67. The van der Waals surface area contributed by atoms with Crippen LogP contribution >= 0.6 is 0 Å². The summed E-state index contributed by atoms with van der Waals surface area (Å²) in [6, 6.07) is 0. The van der Waals surface area contributed by atoms with Gasteiger partial charge in [0.2, 0.25) is 0 Å². The maximum absolute atomic E-state index is 12.9. The van der Waals surface area contributed by atoms with Gasteiger partial charge in [-0.15, -0.1) is 0 Å². The van der Waals surface area contributed by atoms with Gasteiger partial charge in [0.05, 0.1) is 34.4 Å². The van der Waals surface area contributed by atoms with Gasteiger partial charge in [0, 0.05) is 12.8 Å². The minimum atomic E-state index is -1.51. The molecule has 0 saturated heterocycles. The van der Waals surface area contributed by atoms with E-state index in [-0.39, 0.29) is 32.2 Å². The Hall–Kier alpha value is -2.49. The van der Waals surface area contributed by atoms with Crippen molar-refractivity contribution in [1.82, 2.24) is 0 Å². The zero-order valence-corrected chi connectivity index (χ0v) is 55.2. The molecule has 2 atom stereocenters. The second kappa shape index (κ2) is 64.5. The summed E-state index contributed by atoms with van der Waals surface area (Å²) in [5.41, 5.74) is 0. The van der Waals surface area contributed by atoms with Gasteiger partial charge >= 0.3 is 17.9 Å². The number of hydrogen-bond acceptors (Lipinski definition) is 7. The summed E-state index contributed by atoms with van der Waals surface area (Å²) < 4.78 is 22.9. The number of unbranched alkanes of at least 4 members (excludes halogenated alkanes) is 46. The zero-order chi connectivity index (χ0) is 59.8. The topological polar surface area (TPSA) is 108 Å². The summed E-state index contributed by atoms with van der Waals surface area (Å²) in [5.74, 6) is -2.00. The summed E-state index contributed by atoms with van der Waals surface area (Å²) in [7, 11) is 5.98. The number of carboxylic acids is 1. The molecule has 0 spiro atoms. The average Bonchev–Trinajstić information content (AvgIpc) is 3.45. The fraction of sp³-hybridized carbons (Fsp3) is 0.877. The average molecular weight is 1160 g/mol. The summed E-state index contributed by atoms with van der Waals surface area (Å²) in [6.07, 6.45) is 78.6. The van der Waals surface area contributed by atoms with Gasteiger partial charge in [0.25, 0.3) is 6.29 Å². The van der Waals surface area contributed by atoms with Crippen molar-refractivity contribution >= 4 is 17.9 Å². The van der Waals surface area contributed by atoms with Crippen molar-refractivity contribution < 1.29 is 42.9 Å². The quantitative estimate of drug-likeness (QED) is 0.0211. The molecule has 482 valence electrons. The third-order valence-electron chi connectivity index (χ3n) is 16.1. The number of quaternary nitrogens is 1. The van der Waals surface area contributed by atoms with Crippen LogP contribution in [0.2, 0.25) is 0 Å². The number of nitrogens with zero attached hydrogens (tertiary/aromatic N) is 1. The fourth-order valence-corrected chi connectivity index (χ4v) is 10.7. The molecule has 9 heteroatoms. The Morgan fingerprint density at radius 2 is 0.659 bits per heavy atom. The Morgan fingerprint density at radius 1 is 0.366 bits per heavy atom. The molecular weight excluding hydrogens is 1020 g/mol. The molecule has 0 aliphatic carbocycles. The Labute approximate surface area is 509 Å². The molecule has 0 heterocycles. The van der Waals surface area contributed by atoms with Crippen LogP contribution in [0.4, 0.5) is 0 Å². The molecule has 0 saturated carbocycles. The smallest absolute Gasteiger partial charge is 0.361 e. The third kappa shape index (κ3) is 65.1. The van der Waals surface area contributed by atoms with E-state index in [0.717, 1.165) is 57.8 Å². The van der Waals surface area contributed by atoms with Crippen molar-refractivity contribution in [2.45, 2.75) is 367 Å². The van der Waals surface area contributed by atoms with E-state index in [4.69, 9.17) is 18.9 Å². The van der Waals surface area contributed by atoms with Crippen molar-refractivity contribution in [1.29, 1.82) is 0 Å². The minimum absolute atomic E-state index is 0.184. The van der Waals surface area contributed by atoms with Crippen LogP contribution in [0.15, 0.2) is 36.5 Å². The SMILES string of the molecule is CCCCC/C=C\C/C=C\C/C=C\CCCCCCCCC(=O)OC(COC(=O)CCCCCCCCCCCCCCCCCCCCCCCCCCCCCCCCCCCCCCCC)COC(OCC[N+](C)(C)C)C(=O)O. The van der Waals surface area contributed by atoms with Crippen molar-refractivity contribution in [2.24, 2.45) is 0 Å². The van der Waals surface area contributed by atoms with Crippen molar-refractivity contribution in [3.05, 3.63) is 36.5 Å². The summed E-state index contributed by atoms with van der Waals surface area (Å²) in [6.45, 7) is 4.89. The van der Waals surface area contributed by atoms with Crippen LogP contribution in [0.3, 0.4) is 0 Å². The number of allylic oxidation sites excluding steroid dienone is 6. The number of carboxylic acid groups (broad SMARTS) is 1. The molecule has 0 aromatic rings. The first-order valence-electron chi connectivity index (χ1n) is 35.7. The number of hydrogen-bond donors (Lipinski definition) is 1. The highest BCUT2D eigenvalue weighted by Crippen LogP contribution is 2.19. The van der Waals surface area contributed by atoms with Crippen LogP contribution in [-0.4, -0.2) is 87.4 Å². The first-order chi connectivity index (χ1) is 40.1. The Balaban J connectivity index is 3.95. The largest absolute Gasteiger partial charge is 0.477 e. The van der Waals surface area contributed by atoms with Crippen LogP contribution in [-0.2, 0) is 33.3 Å². The van der Waals surface area contributed by atoms with E-state index >= 15 is 0 Å². The van der Waals surface area contributed by atoms with Gasteiger partial charge in [-0.2, -0.15) is 0 Å². The van der Waals surface area contributed by atoms with E-state index in [9.17, 15) is 19.5 Å². The van der Waals surface area contributed by atoms with Gasteiger partial charge in [-0.3, -0.25) is 9.59 Å². The van der Waals surface area contributed by atoms with Gasteiger partial charge in [0.1, 0.15) is 13.2 Å². The lowest BCUT2D eigenvalue weighted by molar-refractivity contribution is -0.870. The van der Waals surface area contributed by atoms with Crippen molar-refractivity contribution in [3.63, 3.8) is 0 Å². The molecule has 0 aromatic carbocycles. The van der Waals surface area contributed by atoms with Gasteiger partial charge < -0.3 is 28.5 Å². The second-order valence-corrected chi connectivity index (χ2v) is 25.6. The Morgan fingerprint density at radius 3 is 1.00 bits per heavy atom. The second-order valence-electron chi connectivity index (χ2n) is 25.6. The van der Waals surface area contributed by atoms with Gasteiger partial charge in [-0.1, -0.05) is 326 Å². The van der Waals surface area contributed by atoms with Crippen molar-refractivity contribution in [2.75, 3.05) is 47.5 Å².